The minimum atomic E-state index is -0.962. The lowest BCUT2D eigenvalue weighted by molar-refractivity contribution is -0.140. The van der Waals surface area contributed by atoms with Crippen molar-refractivity contribution in [1.29, 1.82) is 0 Å². The average molecular weight is 405 g/mol. The van der Waals surface area contributed by atoms with E-state index in [1.165, 1.54) is 18.4 Å². The summed E-state index contributed by atoms with van der Waals surface area (Å²) < 4.78 is 4.89. The molecule has 0 bridgehead atoms. The number of carbonyl (C=O) groups excluding carboxylic acids is 5. The quantitative estimate of drug-likeness (QED) is 0.476. The smallest absolute Gasteiger partial charge is 0.344 e. The van der Waals surface area contributed by atoms with Crippen molar-refractivity contribution in [2.45, 2.75) is 38.1 Å². The summed E-state index contributed by atoms with van der Waals surface area (Å²) in [4.78, 5) is 60.3. The molecule has 6 amide bonds. The van der Waals surface area contributed by atoms with Crippen molar-refractivity contribution in [3.63, 3.8) is 0 Å². The molecule has 1 saturated carbocycles. The van der Waals surface area contributed by atoms with Gasteiger partial charge in [-0.1, -0.05) is 6.92 Å². The number of rotatable bonds is 6. The summed E-state index contributed by atoms with van der Waals surface area (Å²) in [7, 11) is 0. The molecular weight excluding hydrogens is 382 g/mol. The van der Waals surface area contributed by atoms with E-state index in [-0.39, 0.29) is 12.3 Å². The first-order valence-corrected chi connectivity index (χ1v) is 9.35. The van der Waals surface area contributed by atoms with Crippen molar-refractivity contribution in [3.8, 4) is 0 Å². The zero-order valence-electron chi connectivity index (χ0n) is 15.9. The van der Waals surface area contributed by atoms with Gasteiger partial charge in [0.1, 0.15) is 5.54 Å². The van der Waals surface area contributed by atoms with Crippen molar-refractivity contribution in [3.05, 3.63) is 24.2 Å². The fraction of sp³-hybridized carbons (Fsp3) is 0.500. The predicted molar refractivity (Wildman–Crippen MR) is 97.9 cm³/mol. The summed E-state index contributed by atoms with van der Waals surface area (Å²) >= 11 is 0. The Morgan fingerprint density at radius 3 is 2.52 bits per heavy atom. The van der Waals surface area contributed by atoms with Crippen molar-refractivity contribution in [2.24, 2.45) is 5.92 Å². The third kappa shape index (κ3) is 4.55. The number of amides is 6. The summed E-state index contributed by atoms with van der Waals surface area (Å²) in [5.41, 5.74) is 1.26. The summed E-state index contributed by atoms with van der Waals surface area (Å²) in [5, 5.41) is 7.99. The largest absolute Gasteiger partial charge is 0.459 e. The molecule has 11 heteroatoms. The van der Waals surface area contributed by atoms with Gasteiger partial charge < -0.3 is 20.4 Å². The molecule has 1 aliphatic carbocycles. The van der Waals surface area contributed by atoms with E-state index in [9.17, 15) is 24.0 Å². The second kappa shape index (κ2) is 8.33. The number of hydrogen-bond donors (Lipinski definition) is 4. The van der Waals surface area contributed by atoms with Crippen LogP contribution < -0.4 is 21.4 Å². The number of carbonyl (C=O) groups is 5. The minimum absolute atomic E-state index is 0.0557. The van der Waals surface area contributed by atoms with Gasteiger partial charge in [-0.2, -0.15) is 5.01 Å². The number of nitrogens with one attached hydrogen (secondary N) is 4. The van der Waals surface area contributed by atoms with Crippen molar-refractivity contribution in [1.82, 2.24) is 26.4 Å². The Morgan fingerprint density at radius 1 is 1.17 bits per heavy atom. The molecule has 0 aromatic carbocycles. The first kappa shape index (κ1) is 20.4. The lowest BCUT2D eigenvalue weighted by Crippen LogP contribution is -2.53. The number of urea groups is 1. The molecule has 0 atom stereocenters. The molecule has 156 valence electrons. The lowest BCUT2D eigenvalue weighted by Gasteiger charge is -2.33. The summed E-state index contributed by atoms with van der Waals surface area (Å²) in [6.45, 7) is 1.27. The van der Waals surface area contributed by atoms with Gasteiger partial charge in [0.25, 0.3) is 17.7 Å². The zero-order chi connectivity index (χ0) is 21.0. The summed E-state index contributed by atoms with van der Waals surface area (Å²) in [6.07, 6.45) is 4.00. The van der Waals surface area contributed by atoms with E-state index in [1.807, 2.05) is 0 Å². The lowest BCUT2D eigenvalue weighted by atomic mass is 9.77. The molecule has 0 radical (unpaired) electrons. The predicted octanol–water partition coefficient (Wildman–Crippen LogP) is -0.342. The van der Waals surface area contributed by atoms with Crippen LogP contribution in [0.1, 0.15) is 43.2 Å². The van der Waals surface area contributed by atoms with Crippen LogP contribution in [0.25, 0.3) is 0 Å². The van der Waals surface area contributed by atoms with Crippen LogP contribution in [0.2, 0.25) is 0 Å². The summed E-state index contributed by atoms with van der Waals surface area (Å²) in [5.74, 6) is -1.87. The molecule has 4 N–H and O–H groups in total. The molecule has 1 aromatic rings. The molecule has 1 saturated heterocycles. The first-order valence-electron chi connectivity index (χ1n) is 9.35. The molecule has 29 heavy (non-hydrogen) atoms. The van der Waals surface area contributed by atoms with E-state index in [0.29, 0.717) is 23.8 Å². The van der Waals surface area contributed by atoms with Crippen LogP contribution in [0.4, 0.5) is 4.79 Å². The molecule has 1 spiro atoms. The maximum absolute atomic E-state index is 12.6. The standard InChI is InChI=1S/C18H23N5O6/c1-11-4-6-18(7-5-11)16(27)23(17(28)21-18)22-14(25)10-19-13(24)9-20-15(26)12-3-2-8-29-12/h2-3,8,11H,4-7,9-10H2,1H3,(H,19,24)(H,20,26)(H,21,28)(H,22,25). The van der Waals surface area contributed by atoms with E-state index >= 15 is 0 Å². The van der Waals surface area contributed by atoms with Crippen LogP contribution in [0.3, 0.4) is 0 Å². The van der Waals surface area contributed by atoms with Gasteiger partial charge >= 0.3 is 6.03 Å². The van der Waals surface area contributed by atoms with Gasteiger partial charge in [0.15, 0.2) is 5.76 Å². The second-order valence-electron chi connectivity index (χ2n) is 7.31. The zero-order valence-corrected chi connectivity index (χ0v) is 15.9. The highest BCUT2D eigenvalue weighted by Crippen LogP contribution is 2.35. The molecule has 2 heterocycles. The van der Waals surface area contributed by atoms with Gasteiger partial charge in [0.2, 0.25) is 5.91 Å². The van der Waals surface area contributed by atoms with E-state index in [0.717, 1.165) is 12.8 Å². The normalized spacial score (nSPS) is 23.6. The SMILES string of the molecule is CC1CCC2(CC1)NC(=O)N(NC(=O)CNC(=O)CNC(=O)c1ccco1)C2=O. The molecule has 11 nitrogen and oxygen atoms in total. The Bertz CT molecular complexity index is 813. The van der Waals surface area contributed by atoms with Crippen LogP contribution in [0.5, 0.6) is 0 Å². The van der Waals surface area contributed by atoms with Crippen LogP contribution in [-0.4, -0.2) is 53.3 Å². The number of hydrazine groups is 1. The van der Waals surface area contributed by atoms with Crippen LogP contribution in [0.15, 0.2) is 22.8 Å². The number of imide groups is 1. The molecular formula is C18H23N5O6. The van der Waals surface area contributed by atoms with Crippen LogP contribution in [-0.2, 0) is 14.4 Å². The highest BCUT2D eigenvalue weighted by atomic mass is 16.3. The second-order valence-corrected chi connectivity index (χ2v) is 7.31. The van der Waals surface area contributed by atoms with E-state index in [4.69, 9.17) is 4.42 Å². The van der Waals surface area contributed by atoms with Crippen molar-refractivity contribution in [2.75, 3.05) is 13.1 Å². The Hall–Kier alpha value is -3.37. The fourth-order valence-corrected chi connectivity index (χ4v) is 3.38. The Morgan fingerprint density at radius 2 is 1.86 bits per heavy atom. The van der Waals surface area contributed by atoms with Crippen molar-refractivity contribution < 1.29 is 28.4 Å². The monoisotopic (exact) mass is 405 g/mol. The third-order valence-corrected chi connectivity index (χ3v) is 5.13. The van der Waals surface area contributed by atoms with Gasteiger partial charge in [-0.3, -0.25) is 24.6 Å². The Labute approximate surface area is 166 Å². The van der Waals surface area contributed by atoms with E-state index in [1.54, 1.807) is 0 Å². The van der Waals surface area contributed by atoms with Crippen LogP contribution >= 0.6 is 0 Å². The fourth-order valence-electron chi connectivity index (χ4n) is 3.38. The number of hydrogen-bond acceptors (Lipinski definition) is 6. The van der Waals surface area contributed by atoms with E-state index < -0.39 is 41.7 Å². The molecule has 1 aliphatic heterocycles. The maximum Gasteiger partial charge on any atom is 0.344 e. The van der Waals surface area contributed by atoms with Crippen LogP contribution in [0, 0.1) is 5.92 Å². The molecule has 2 fully saturated rings. The number of nitrogens with zero attached hydrogens (tertiary/aromatic N) is 1. The maximum atomic E-state index is 12.6. The Balaban J connectivity index is 1.43. The van der Waals surface area contributed by atoms with E-state index in [2.05, 4.69) is 28.3 Å². The van der Waals surface area contributed by atoms with Gasteiger partial charge in [0, 0.05) is 0 Å². The first-order chi connectivity index (χ1) is 13.8. The van der Waals surface area contributed by atoms with Crippen molar-refractivity contribution >= 4 is 29.7 Å². The topological polar surface area (TPSA) is 150 Å². The summed E-state index contributed by atoms with van der Waals surface area (Å²) in [6, 6.07) is 2.29. The molecule has 0 unspecified atom stereocenters. The molecule has 2 aliphatic rings. The third-order valence-electron chi connectivity index (χ3n) is 5.13. The number of furan rings is 1. The van der Waals surface area contributed by atoms with Gasteiger partial charge in [0.05, 0.1) is 19.4 Å². The Kier molecular flexibility index (Phi) is 5.85. The van der Waals surface area contributed by atoms with Gasteiger partial charge in [-0.05, 0) is 43.7 Å². The molecule has 1 aromatic heterocycles. The molecule has 3 rings (SSSR count). The highest BCUT2D eigenvalue weighted by molar-refractivity contribution is 6.08. The minimum Gasteiger partial charge on any atom is -0.459 e. The average Bonchev–Trinajstić information content (AvgIpc) is 3.31. The van der Waals surface area contributed by atoms with Gasteiger partial charge in [-0.15, -0.1) is 0 Å². The van der Waals surface area contributed by atoms with Gasteiger partial charge in [-0.25, -0.2) is 4.79 Å². The highest BCUT2D eigenvalue weighted by Gasteiger charge is 2.52.